The number of carboxylic acid groups (broad SMARTS) is 3. The SMILES string of the molecule is O=C(O)CN1CCN(CC(=O)O)CCN(CC(=O)NCc2ccc(-c3nncnn3)cc2)CCN(CC(=O)O)CC1. The largest absolute Gasteiger partial charge is 0.480 e. The number of benzene rings is 1. The van der Waals surface area contributed by atoms with E-state index >= 15 is 0 Å². The van der Waals surface area contributed by atoms with Crippen LogP contribution in [0.25, 0.3) is 11.4 Å². The summed E-state index contributed by atoms with van der Waals surface area (Å²) in [5, 5.41) is 46.1. The molecule has 0 radical (unpaired) electrons. The average Bonchev–Trinajstić information content (AvgIpc) is 2.93. The molecule has 1 aliphatic heterocycles. The summed E-state index contributed by atoms with van der Waals surface area (Å²) in [6.07, 6.45) is 1.24. The van der Waals surface area contributed by atoms with Crippen LogP contribution in [-0.4, -0.2) is 158 Å². The molecule has 41 heavy (non-hydrogen) atoms. The molecule has 1 fully saturated rings. The van der Waals surface area contributed by atoms with Crippen LogP contribution in [0.5, 0.6) is 0 Å². The van der Waals surface area contributed by atoms with E-state index in [0.717, 1.165) is 11.1 Å². The van der Waals surface area contributed by atoms with Crippen LogP contribution in [0.2, 0.25) is 0 Å². The Labute approximate surface area is 236 Å². The third-order valence-corrected chi connectivity index (χ3v) is 6.48. The predicted octanol–water partition coefficient (Wildman–Crippen LogP) is -1.97. The lowest BCUT2D eigenvalue weighted by Crippen LogP contribution is -2.49. The van der Waals surface area contributed by atoms with Gasteiger partial charge < -0.3 is 20.6 Å². The van der Waals surface area contributed by atoms with E-state index in [1.165, 1.54) is 6.33 Å². The van der Waals surface area contributed by atoms with Crippen molar-refractivity contribution in [3.05, 3.63) is 36.2 Å². The Bertz CT molecular complexity index is 1120. The summed E-state index contributed by atoms with van der Waals surface area (Å²) in [5.41, 5.74) is 1.60. The van der Waals surface area contributed by atoms with Gasteiger partial charge in [-0.25, -0.2) is 0 Å². The minimum Gasteiger partial charge on any atom is -0.480 e. The summed E-state index contributed by atoms with van der Waals surface area (Å²) in [6, 6.07) is 7.29. The normalized spacial score (nSPS) is 16.8. The first-order valence-electron chi connectivity index (χ1n) is 13.1. The molecule has 0 aliphatic carbocycles. The number of hydrogen-bond donors (Lipinski definition) is 4. The highest BCUT2D eigenvalue weighted by molar-refractivity contribution is 5.78. The Hall–Kier alpha value is -4.12. The summed E-state index contributed by atoms with van der Waals surface area (Å²) in [6.45, 7) is 2.32. The van der Waals surface area contributed by atoms with Crippen molar-refractivity contribution in [2.75, 3.05) is 78.5 Å². The molecule has 1 aromatic heterocycles. The van der Waals surface area contributed by atoms with Crippen molar-refractivity contribution >= 4 is 23.8 Å². The third kappa shape index (κ3) is 11.9. The van der Waals surface area contributed by atoms with Gasteiger partial charge >= 0.3 is 17.9 Å². The van der Waals surface area contributed by atoms with E-state index in [1.54, 1.807) is 14.7 Å². The Morgan fingerprint density at radius 2 is 1.02 bits per heavy atom. The number of amides is 1. The summed E-state index contributed by atoms with van der Waals surface area (Å²) in [4.78, 5) is 54.0. The molecule has 4 N–H and O–H groups in total. The van der Waals surface area contributed by atoms with Crippen LogP contribution < -0.4 is 5.32 Å². The first kappa shape index (κ1) is 31.4. The molecule has 16 nitrogen and oxygen atoms in total. The number of nitrogens with one attached hydrogen (secondary N) is 1. The summed E-state index contributed by atoms with van der Waals surface area (Å²) in [7, 11) is 0. The number of aromatic nitrogens is 4. The number of carbonyl (C=O) groups is 4. The van der Waals surface area contributed by atoms with E-state index in [0.29, 0.717) is 58.2 Å². The number of carbonyl (C=O) groups excluding carboxylic acids is 1. The molecule has 1 aliphatic rings. The van der Waals surface area contributed by atoms with Crippen molar-refractivity contribution in [3.8, 4) is 11.4 Å². The minimum atomic E-state index is -1.01. The number of aliphatic carboxylic acids is 3. The molecule has 0 atom stereocenters. The number of rotatable bonds is 11. The summed E-state index contributed by atoms with van der Waals surface area (Å²) < 4.78 is 0. The number of nitrogens with zero attached hydrogens (tertiary/aromatic N) is 8. The summed E-state index contributed by atoms with van der Waals surface area (Å²) >= 11 is 0. The molecule has 222 valence electrons. The lowest BCUT2D eigenvalue weighted by Gasteiger charge is -2.32. The molecule has 2 heterocycles. The molecule has 1 saturated heterocycles. The third-order valence-electron chi connectivity index (χ3n) is 6.48. The van der Waals surface area contributed by atoms with Crippen molar-refractivity contribution in [2.45, 2.75) is 6.54 Å². The van der Waals surface area contributed by atoms with Crippen LogP contribution >= 0.6 is 0 Å². The van der Waals surface area contributed by atoms with E-state index in [-0.39, 0.29) is 38.6 Å². The van der Waals surface area contributed by atoms with Gasteiger partial charge in [-0.15, -0.1) is 20.4 Å². The van der Waals surface area contributed by atoms with Gasteiger partial charge in [0.05, 0.1) is 26.2 Å². The van der Waals surface area contributed by atoms with Gasteiger partial charge in [0, 0.05) is 64.5 Å². The second-order valence-electron chi connectivity index (χ2n) is 9.63. The van der Waals surface area contributed by atoms with Crippen molar-refractivity contribution in [1.29, 1.82) is 0 Å². The molecule has 3 rings (SSSR count). The van der Waals surface area contributed by atoms with Gasteiger partial charge in [-0.2, -0.15) is 0 Å². The van der Waals surface area contributed by atoms with Crippen LogP contribution in [0.4, 0.5) is 0 Å². The van der Waals surface area contributed by atoms with Crippen molar-refractivity contribution in [2.24, 2.45) is 0 Å². The fourth-order valence-electron chi connectivity index (χ4n) is 4.34. The van der Waals surface area contributed by atoms with Crippen molar-refractivity contribution in [3.63, 3.8) is 0 Å². The van der Waals surface area contributed by atoms with Crippen molar-refractivity contribution < 1.29 is 34.5 Å². The fourth-order valence-corrected chi connectivity index (χ4v) is 4.34. The topological polar surface area (TPSA) is 206 Å². The van der Waals surface area contributed by atoms with Crippen LogP contribution in [0.3, 0.4) is 0 Å². The van der Waals surface area contributed by atoms with Crippen LogP contribution in [0.1, 0.15) is 5.56 Å². The molecule has 0 bridgehead atoms. The zero-order chi connectivity index (χ0) is 29.6. The van der Waals surface area contributed by atoms with Gasteiger partial charge in [-0.05, 0) is 5.56 Å². The predicted molar refractivity (Wildman–Crippen MR) is 144 cm³/mol. The maximum atomic E-state index is 12.8. The lowest BCUT2D eigenvalue weighted by molar-refractivity contribution is -0.140. The molecule has 0 saturated carbocycles. The van der Waals surface area contributed by atoms with Crippen LogP contribution in [0, 0.1) is 0 Å². The zero-order valence-corrected chi connectivity index (χ0v) is 22.6. The highest BCUT2D eigenvalue weighted by atomic mass is 16.4. The monoisotopic (exact) mass is 573 g/mol. The maximum Gasteiger partial charge on any atom is 0.317 e. The zero-order valence-electron chi connectivity index (χ0n) is 22.6. The minimum absolute atomic E-state index is 0.0419. The molecular weight excluding hydrogens is 538 g/mol. The fraction of sp³-hybridized carbons (Fsp3) is 0.520. The quantitative estimate of drug-likeness (QED) is 0.230. The number of hydrogen-bond acceptors (Lipinski definition) is 12. The van der Waals surface area contributed by atoms with Crippen LogP contribution in [0.15, 0.2) is 30.6 Å². The highest BCUT2D eigenvalue weighted by Crippen LogP contribution is 2.13. The van der Waals surface area contributed by atoms with Gasteiger partial charge in [0.2, 0.25) is 11.7 Å². The Kier molecular flexibility index (Phi) is 12.4. The smallest absolute Gasteiger partial charge is 0.317 e. The van der Waals surface area contributed by atoms with Gasteiger partial charge in [0.15, 0.2) is 6.33 Å². The lowest BCUT2D eigenvalue weighted by atomic mass is 10.1. The second-order valence-corrected chi connectivity index (χ2v) is 9.63. The summed E-state index contributed by atoms with van der Waals surface area (Å²) in [5.74, 6) is -2.86. The maximum absolute atomic E-state index is 12.8. The van der Waals surface area contributed by atoms with E-state index in [9.17, 15) is 34.5 Å². The standard InChI is InChI=1S/C25H35N9O7/c35-21(26-13-19-1-3-20(4-2-19)25-29-27-18-28-30-25)14-31-5-7-32(15-22(36)37)9-11-34(17-24(40)41)12-10-33(8-6-31)16-23(38)39/h1-4,18H,5-17H2,(H,26,35)(H,36,37)(H,38,39)(H,40,41). The van der Waals surface area contributed by atoms with Gasteiger partial charge in [0.1, 0.15) is 0 Å². The van der Waals surface area contributed by atoms with Gasteiger partial charge in [-0.3, -0.25) is 38.8 Å². The first-order chi connectivity index (χ1) is 19.7. The van der Waals surface area contributed by atoms with Crippen LogP contribution in [-0.2, 0) is 25.7 Å². The van der Waals surface area contributed by atoms with E-state index in [1.807, 2.05) is 29.2 Å². The van der Waals surface area contributed by atoms with Gasteiger partial charge in [0.25, 0.3) is 0 Å². The second kappa shape index (κ2) is 16.2. The molecule has 0 spiro atoms. The Morgan fingerprint density at radius 1 is 0.634 bits per heavy atom. The molecule has 0 unspecified atom stereocenters. The van der Waals surface area contributed by atoms with E-state index < -0.39 is 17.9 Å². The van der Waals surface area contributed by atoms with E-state index in [2.05, 4.69) is 25.7 Å². The molecule has 1 amide bonds. The molecule has 16 heteroatoms. The molecular formula is C25H35N9O7. The highest BCUT2D eigenvalue weighted by Gasteiger charge is 2.21. The first-order valence-corrected chi connectivity index (χ1v) is 13.1. The van der Waals surface area contributed by atoms with E-state index in [4.69, 9.17) is 0 Å². The number of carboxylic acids is 3. The Morgan fingerprint density at radius 3 is 1.41 bits per heavy atom. The average molecular weight is 574 g/mol. The van der Waals surface area contributed by atoms with Crippen molar-refractivity contribution in [1.82, 2.24) is 45.3 Å². The van der Waals surface area contributed by atoms with Gasteiger partial charge in [-0.1, -0.05) is 24.3 Å². The molecule has 1 aromatic carbocycles. The Balaban J connectivity index is 1.62. The molecule has 2 aromatic rings.